The smallest absolute Gasteiger partial charge is 0.412 e. The van der Waals surface area contributed by atoms with Gasteiger partial charge in [0.25, 0.3) is 0 Å². The number of amides is 1. The van der Waals surface area contributed by atoms with Gasteiger partial charge < -0.3 is 4.74 Å². The standard InChI is InChI=1S/C14H13ClN4O2S/c1-8-12(22-13-18-16-7-19(8)13)9(2)21-14(20)17-11-5-3-4-10(15)6-11/h3-7,9H,1-2H3,(H,17,20). The maximum Gasteiger partial charge on any atom is 0.412 e. The van der Waals surface area contributed by atoms with E-state index in [4.69, 9.17) is 16.3 Å². The van der Waals surface area contributed by atoms with Crippen LogP contribution in [0.5, 0.6) is 0 Å². The number of thiazole rings is 1. The quantitative estimate of drug-likeness (QED) is 0.783. The molecule has 0 radical (unpaired) electrons. The number of halogens is 1. The number of ether oxygens (including phenoxy) is 1. The van der Waals surface area contributed by atoms with Gasteiger partial charge in [0.05, 0.1) is 4.88 Å². The highest BCUT2D eigenvalue weighted by Crippen LogP contribution is 2.29. The summed E-state index contributed by atoms with van der Waals surface area (Å²) in [6.07, 6.45) is 0.730. The number of anilines is 1. The van der Waals surface area contributed by atoms with E-state index >= 15 is 0 Å². The molecule has 1 unspecified atom stereocenters. The Bertz CT molecular complexity index is 829. The topological polar surface area (TPSA) is 68.5 Å². The highest BCUT2D eigenvalue weighted by Gasteiger charge is 2.19. The van der Waals surface area contributed by atoms with E-state index in [2.05, 4.69) is 15.5 Å². The van der Waals surface area contributed by atoms with Gasteiger partial charge in [0.2, 0.25) is 4.96 Å². The minimum absolute atomic E-state index is 0.383. The number of aryl methyl sites for hydroxylation is 1. The molecule has 0 fully saturated rings. The molecule has 0 saturated carbocycles. The fraction of sp³-hybridized carbons (Fsp3) is 0.214. The van der Waals surface area contributed by atoms with Gasteiger partial charge in [0, 0.05) is 16.4 Å². The van der Waals surface area contributed by atoms with Gasteiger partial charge in [-0.2, -0.15) is 0 Å². The highest BCUT2D eigenvalue weighted by atomic mass is 35.5. The first kappa shape index (κ1) is 14.8. The second kappa shape index (κ2) is 5.94. The number of carbonyl (C=O) groups excluding carboxylic acids is 1. The van der Waals surface area contributed by atoms with E-state index in [1.54, 1.807) is 30.6 Å². The summed E-state index contributed by atoms with van der Waals surface area (Å²) in [6, 6.07) is 6.89. The van der Waals surface area contributed by atoms with E-state index in [1.807, 2.05) is 18.2 Å². The summed E-state index contributed by atoms with van der Waals surface area (Å²) < 4.78 is 7.29. The Morgan fingerprint density at radius 1 is 1.50 bits per heavy atom. The second-order valence-electron chi connectivity index (χ2n) is 4.72. The number of carbonyl (C=O) groups is 1. The molecule has 1 amide bonds. The van der Waals surface area contributed by atoms with E-state index in [1.165, 1.54) is 11.3 Å². The van der Waals surface area contributed by atoms with Gasteiger partial charge in [0.1, 0.15) is 12.4 Å². The summed E-state index contributed by atoms with van der Waals surface area (Å²) in [6.45, 7) is 3.76. The van der Waals surface area contributed by atoms with Crippen LogP contribution >= 0.6 is 22.9 Å². The van der Waals surface area contributed by atoms with Crippen LogP contribution in [0.4, 0.5) is 10.5 Å². The first-order chi connectivity index (χ1) is 10.5. The Morgan fingerprint density at radius 3 is 3.05 bits per heavy atom. The highest BCUT2D eigenvalue weighted by molar-refractivity contribution is 7.17. The summed E-state index contributed by atoms with van der Waals surface area (Å²) in [4.78, 5) is 13.7. The molecule has 2 aromatic heterocycles. The molecule has 3 aromatic rings. The number of hydrogen-bond donors (Lipinski definition) is 1. The number of aromatic nitrogens is 3. The molecular formula is C14H13ClN4O2S. The van der Waals surface area contributed by atoms with E-state index < -0.39 is 6.09 Å². The van der Waals surface area contributed by atoms with Crippen molar-refractivity contribution in [3.8, 4) is 0 Å². The maximum absolute atomic E-state index is 12.0. The lowest BCUT2D eigenvalue weighted by Gasteiger charge is -2.13. The van der Waals surface area contributed by atoms with Crippen molar-refractivity contribution in [3.05, 3.63) is 46.2 Å². The number of hydrogen-bond acceptors (Lipinski definition) is 5. The van der Waals surface area contributed by atoms with Crippen molar-refractivity contribution < 1.29 is 9.53 Å². The lowest BCUT2D eigenvalue weighted by Crippen LogP contribution is -2.16. The summed E-state index contributed by atoms with van der Waals surface area (Å²) in [5, 5.41) is 11.0. The van der Waals surface area contributed by atoms with Crippen molar-refractivity contribution in [1.82, 2.24) is 14.6 Å². The van der Waals surface area contributed by atoms with Crippen LogP contribution in [0.25, 0.3) is 4.96 Å². The van der Waals surface area contributed by atoms with E-state index in [-0.39, 0.29) is 6.10 Å². The minimum Gasteiger partial charge on any atom is -0.440 e. The Hall–Kier alpha value is -2.12. The summed E-state index contributed by atoms with van der Waals surface area (Å²) in [7, 11) is 0. The Labute approximate surface area is 135 Å². The molecule has 0 spiro atoms. The lowest BCUT2D eigenvalue weighted by molar-refractivity contribution is 0.122. The van der Waals surface area contributed by atoms with Crippen LogP contribution in [0.1, 0.15) is 23.6 Å². The van der Waals surface area contributed by atoms with Crippen molar-refractivity contribution in [3.63, 3.8) is 0 Å². The SMILES string of the molecule is Cc1c(C(C)OC(=O)Nc2cccc(Cl)c2)sc2nncn12. The predicted molar refractivity (Wildman–Crippen MR) is 85.6 cm³/mol. The normalized spacial score (nSPS) is 12.3. The van der Waals surface area contributed by atoms with Crippen LogP contribution in [0.2, 0.25) is 5.02 Å². The number of nitrogens with zero attached hydrogens (tertiary/aromatic N) is 3. The third-order valence-electron chi connectivity index (χ3n) is 3.16. The monoisotopic (exact) mass is 336 g/mol. The van der Waals surface area contributed by atoms with Gasteiger partial charge in [0.15, 0.2) is 0 Å². The molecule has 8 heteroatoms. The predicted octanol–water partition coefficient (Wildman–Crippen LogP) is 4.06. The molecule has 114 valence electrons. The van der Waals surface area contributed by atoms with Gasteiger partial charge in [-0.15, -0.1) is 10.2 Å². The van der Waals surface area contributed by atoms with E-state index in [9.17, 15) is 4.79 Å². The van der Waals surface area contributed by atoms with Crippen LogP contribution < -0.4 is 5.32 Å². The van der Waals surface area contributed by atoms with Gasteiger partial charge >= 0.3 is 6.09 Å². The largest absolute Gasteiger partial charge is 0.440 e. The molecule has 2 heterocycles. The van der Waals surface area contributed by atoms with E-state index in [0.29, 0.717) is 10.7 Å². The van der Waals surface area contributed by atoms with Crippen molar-refractivity contribution in [1.29, 1.82) is 0 Å². The molecule has 3 rings (SSSR count). The van der Waals surface area contributed by atoms with Gasteiger partial charge in [-0.05, 0) is 32.0 Å². The van der Waals surface area contributed by atoms with Crippen molar-refractivity contribution >= 4 is 39.7 Å². The minimum atomic E-state index is -0.529. The molecule has 6 nitrogen and oxygen atoms in total. The molecule has 0 aliphatic rings. The molecule has 1 N–H and O–H groups in total. The zero-order valence-corrected chi connectivity index (χ0v) is 13.5. The number of fused-ring (bicyclic) bond motifs is 1. The molecular weight excluding hydrogens is 324 g/mol. The fourth-order valence-electron chi connectivity index (χ4n) is 2.12. The number of benzene rings is 1. The Balaban J connectivity index is 1.70. The summed E-state index contributed by atoms with van der Waals surface area (Å²) in [5.41, 5.74) is 1.56. The van der Waals surface area contributed by atoms with Gasteiger partial charge in [-0.3, -0.25) is 9.72 Å². The van der Waals surface area contributed by atoms with Crippen LogP contribution in [-0.2, 0) is 4.74 Å². The van der Waals surface area contributed by atoms with Crippen LogP contribution in [0.15, 0.2) is 30.6 Å². The first-order valence-electron chi connectivity index (χ1n) is 6.57. The van der Waals surface area contributed by atoms with Gasteiger partial charge in [-0.1, -0.05) is 29.0 Å². The maximum atomic E-state index is 12.0. The molecule has 0 bridgehead atoms. The lowest BCUT2D eigenvalue weighted by atomic mass is 10.3. The zero-order chi connectivity index (χ0) is 15.7. The third-order valence-corrected chi connectivity index (χ3v) is 4.70. The molecule has 0 saturated heterocycles. The number of nitrogens with one attached hydrogen (secondary N) is 1. The molecule has 1 atom stereocenters. The van der Waals surface area contributed by atoms with Crippen LogP contribution in [-0.4, -0.2) is 20.7 Å². The zero-order valence-electron chi connectivity index (χ0n) is 11.9. The fourth-order valence-corrected chi connectivity index (χ4v) is 3.34. The average Bonchev–Trinajstić information content (AvgIpc) is 3.02. The van der Waals surface area contributed by atoms with Gasteiger partial charge in [-0.25, -0.2) is 4.79 Å². The summed E-state index contributed by atoms with van der Waals surface area (Å²) in [5.74, 6) is 0. The molecule has 0 aliphatic carbocycles. The van der Waals surface area contributed by atoms with Crippen molar-refractivity contribution in [2.75, 3.05) is 5.32 Å². The second-order valence-corrected chi connectivity index (χ2v) is 6.16. The van der Waals surface area contributed by atoms with Crippen molar-refractivity contribution in [2.45, 2.75) is 20.0 Å². The van der Waals surface area contributed by atoms with Crippen LogP contribution in [0, 0.1) is 6.92 Å². The van der Waals surface area contributed by atoms with Crippen LogP contribution in [0.3, 0.4) is 0 Å². The molecule has 22 heavy (non-hydrogen) atoms. The van der Waals surface area contributed by atoms with Crippen molar-refractivity contribution in [2.24, 2.45) is 0 Å². The first-order valence-corrected chi connectivity index (χ1v) is 7.76. The number of rotatable bonds is 3. The molecule has 0 aliphatic heterocycles. The Morgan fingerprint density at radius 2 is 2.32 bits per heavy atom. The third kappa shape index (κ3) is 2.90. The Kier molecular flexibility index (Phi) is 4.00. The molecule has 1 aromatic carbocycles. The summed E-state index contributed by atoms with van der Waals surface area (Å²) >= 11 is 7.33. The van der Waals surface area contributed by atoms with E-state index in [0.717, 1.165) is 15.5 Å². The average molecular weight is 337 g/mol.